The molecule has 0 radical (unpaired) electrons. The molecule has 3 N–H and O–H groups in total. The third-order valence-corrected chi connectivity index (χ3v) is 6.36. The van der Waals surface area contributed by atoms with Gasteiger partial charge in [0.25, 0.3) is 0 Å². The maximum atomic E-state index is 13.6. The van der Waals surface area contributed by atoms with E-state index in [2.05, 4.69) is 47.1 Å². The number of fused-ring (bicyclic) bond motifs is 1. The van der Waals surface area contributed by atoms with Gasteiger partial charge in [0.05, 0.1) is 35.7 Å². The summed E-state index contributed by atoms with van der Waals surface area (Å²) in [6.07, 6.45) is 3.49. The first-order chi connectivity index (χ1) is 18.4. The Morgan fingerprint density at radius 1 is 1.21 bits per heavy atom. The van der Waals surface area contributed by atoms with E-state index in [9.17, 15) is 9.18 Å². The minimum absolute atomic E-state index is 0.0229. The van der Waals surface area contributed by atoms with Crippen LogP contribution in [0.5, 0.6) is 5.75 Å². The van der Waals surface area contributed by atoms with Crippen LogP contribution in [0.1, 0.15) is 12.0 Å². The Morgan fingerprint density at radius 2 is 2.11 bits per heavy atom. The second-order valence-electron chi connectivity index (χ2n) is 8.32. The fraction of sp³-hybridized carbons (Fsp3) is 0.154. The van der Waals surface area contributed by atoms with Crippen molar-refractivity contribution >= 4 is 67.9 Å². The van der Waals surface area contributed by atoms with Gasteiger partial charge in [0, 0.05) is 28.0 Å². The van der Waals surface area contributed by atoms with Crippen molar-refractivity contribution in [3.05, 3.63) is 81.8 Å². The van der Waals surface area contributed by atoms with Crippen LogP contribution in [0, 0.1) is 5.82 Å². The number of hydrogen-bond donors (Lipinski definition) is 3. The highest BCUT2D eigenvalue weighted by Crippen LogP contribution is 2.35. The molecule has 1 atom stereocenters. The molecular weight excluding hydrogens is 579 g/mol. The van der Waals surface area contributed by atoms with Gasteiger partial charge in [0.2, 0.25) is 0 Å². The highest BCUT2D eigenvalue weighted by atomic mass is 79.9. The van der Waals surface area contributed by atoms with Gasteiger partial charge in [-0.2, -0.15) is 5.10 Å². The van der Waals surface area contributed by atoms with Crippen molar-refractivity contribution in [2.45, 2.75) is 12.5 Å². The zero-order valence-corrected chi connectivity index (χ0v) is 22.1. The van der Waals surface area contributed by atoms with Crippen LogP contribution in [0.25, 0.3) is 10.9 Å². The number of halogens is 3. The Hall–Kier alpha value is -3.80. The third-order valence-electron chi connectivity index (χ3n) is 5.58. The summed E-state index contributed by atoms with van der Waals surface area (Å²) >= 11 is 9.33. The van der Waals surface area contributed by atoms with E-state index in [0.717, 1.165) is 16.5 Å². The summed E-state index contributed by atoms with van der Waals surface area (Å²) < 4.78 is 26.1. The number of nitrogens with one attached hydrogen (secondary N) is 3. The Morgan fingerprint density at radius 3 is 2.89 bits per heavy atom. The lowest BCUT2D eigenvalue weighted by Gasteiger charge is -2.18. The molecule has 1 aliphatic rings. The Labute approximate surface area is 230 Å². The molecule has 1 aromatic heterocycles. The molecule has 0 spiro atoms. The summed E-state index contributed by atoms with van der Waals surface area (Å²) in [5.74, 6) is 0.334. The number of amides is 2. The largest absolute Gasteiger partial charge is 0.486 e. The number of carbonyl (C=O) groups is 1. The van der Waals surface area contributed by atoms with Gasteiger partial charge in [-0.1, -0.05) is 39.7 Å². The number of rotatable bonds is 7. The fourth-order valence-electron chi connectivity index (χ4n) is 3.78. The maximum absolute atomic E-state index is 13.6. The number of benzene rings is 3. The van der Waals surface area contributed by atoms with E-state index >= 15 is 0 Å². The summed E-state index contributed by atoms with van der Waals surface area (Å²) in [4.78, 5) is 21.4. The molecule has 0 saturated carbocycles. The molecule has 3 aromatic carbocycles. The van der Waals surface area contributed by atoms with Crippen LogP contribution < -0.4 is 20.8 Å². The van der Waals surface area contributed by atoms with Crippen LogP contribution in [0.2, 0.25) is 5.02 Å². The lowest BCUT2D eigenvalue weighted by molar-refractivity contribution is 0.142. The lowest BCUT2D eigenvalue weighted by atomic mass is 10.1. The molecule has 1 saturated heterocycles. The fourth-order valence-corrected chi connectivity index (χ4v) is 4.37. The molecule has 5 rings (SSSR count). The Kier molecular flexibility index (Phi) is 7.97. The van der Waals surface area contributed by atoms with E-state index in [1.165, 1.54) is 24.7 Å². The van der Waals surface area contributed by atoms with E-state index in [4.69, 9.17) is 21.1 Å². The molecule has 194 valence electrons. The van der Waals surface area contributed by atoms with Crippen LogP contribution >= 0.6 is 27.5 Å². The molecule has 4 aromatic rings. The average Bonchev–Trinajstić information content (AvgIpc) is 3.40. The number of aromatic nitrogens is 2. The van der Waals surface area contributed by atoms with Gasteiger partial charge in [0.15, 0.2) is 0 Å². The average molecular weight is 600 g/mol. The van der Waals surface area contributed by atoms with E-state index < -0.39 is 11.8 Å². The normalized spacial score (nSPS) is 15.1. The van der Waals surface area contributed by atoms with Crippen molar-refractivity contribution in [1.29, 1.82) is 0 Å². The van der Waals surface area contributed by atoms with Crippen LogP contribution in [-0.2, 0) is 4.74 Å². The van der Waals surface area contributed by atoms with Crippen molar-refractivity contribution in [2.24, 2.45) is 5.10 Å². The molecule has 0 unspecified atom stereocenters. The van der Waals surface area contributed by atoms with Gasteiger partial charge in [-0.05, 0) is 42.0 Å². The predicted octanol–water partition coefficient (Wildman–Crippen LogP) is 6.25. The highest BCUT2D eigenvalue weighted by molar-refractivity contribution is 9.10. The van der Waals surface area contributed by atoms with Crippen molar-refractivity contribution in [3.63, 3.8) is 0 Å². The summed E-state index contributed by atoms with van der Waals surface area (Å²) in [7, 11) is 0. The minimum atomic E-state index is -0.570. The van der Waals surface area contributed by atoms with Gasteiger partial charge in [-0.15, -0.1) is 0 Å². The van der Waals surface area contributed by atoms with Crippen molar-refractivity contribution < 1.29 is 18.7 Å². The van der Waals surface area contributed by atoms with Gasteiger partial charge in [-0.3, -0.25) is 0 Å². The zero-order valence-electron chi connectivity index (χ0n) is 19.7. The molecule has 0 aliphatic carbocycles. The second kappa shape index (κ2) is 11.7. The molecule has 2 amide bonds. The first kappa shape index (κ1) is 25.8. The van der Waals surface area contributed by atoms with Crippen LogP contribution in [-0.4, -0.2) is 41.5 Å². The molecule has 2 heterocycles. The number of anilines is 3. The van der Waals surface area contributed by atoms with Crippen LogP contribution in [0.3, 0.4) is 0 Å². The van der Waals surface area contributed by atoms with Gasteiger partial charge in [-0.25, -0.2) is 24.6 Å². The minimum Gasteiger partial charge on any atom is -0.486 e. The van der Waals surface area contributed by atoms with E-state index in [1.54, 1.807) is 18.2 Å². The van der Waals surface area contributed by atoms with Gasteiger partial charge < -0.3 is 20.1 Å². The summed E-state index contributed by atoms with van der Waals surface area (Å²) in [6.45, 7) is 1.05. The summed E-state index contributed by atoms with van der Waals surface area (Å²) in [5.41, 5.74) is 4.76. The maximum Gasteiger partial charge on any atom is 0.339 e. The summed E-state index contributed by atoms with van der Waals surface area (Å²) in [6, 6.07) is 14.6. The van der Waals surface area contributed by atoms with Crippen molar-refractivity contribution in [1.82, 2.24) is 15.4 Å². The standard InChI is InChI=1S/C26H21BrClFN6O3/c27-16-3-1-2-15(8-16)12-32-35-26(36)34-23-10-19-22(11-24(23)38-18-6-7-37-13-18)30-14-31-25(19)33-17-4-5-21(29)20(28)9-17/h1-5,8-12,14,18H,6-7,13H2,(H,30,31,33)(H2,34,35,36)/b32-12+/t18-/m0/s1. The molecule has 1 aliphatic heterocycles. The molecule has 1 fully saturated rings. The highest BCUT2D eigenvalue weighted by Gasteiger charge is 2.21. The van der Waals surface area contributed by atoms with Gasteiger partial charge >= 0.3 is 6.03 Å². The van der Waals surface area contributed by atoms with E-state index in [1.807, 2.05) is 24.3 Å². The Bertz CT molecular complexity index is 1520. The lowest BCUT2D eigenvalue weighted by Crippen LogP contribution is -2.25. The quantitative estimate of drug-likeness (QED) is 0.171. The SMILES string of the molecule is O=C(N/N=C/c1cccc(Br)c1)Nc1cc2c(Nc3ccc(F)c(Cl)c3)ncnc2cc1O[C@H]1CCOC1. The first-order valence-electron chi connectivity index (χ1n) is 11.6. The van der Waals surface area contributed by atoms with E-state index in [-0.39, 0.29) is 11.1 Å². The molecular formula is C26H21BrClFN6O3. The summed E-state index contributed by atoms with van der Waals surface area (Å²) in [5, 5.41) is 10.5. The number of hydrogen-bond acceptors (Lipinski definition) is 7. The van der Waals surface area contributed by atoms with Gasteiger partial charge in [0.1, 0.15) is 29.8 Å². The Balaban J connectivity index is 1.42. The molecule has 9 nitrogen and oxygen atoms in total. The second-order valence-corrected chi connectivity index (χ2v) is 9.65. The number of ether oxygens (including phenoxy) is 2. The number of carbonyl (C=O) groups excluding carboxylic acids is 1. The zero-order chi connectivity index (χ0) is 26.5. The van der Waals surface area contributed by atoms with E-state index in [0.29, 0.717) is 47.1 Å². The number of urea groups is 1. The molecule has 0 bridgehead atoms. The molecule has 38 heavy (non-hydrogen) atoms. The topological polar surface area (TPSA) is 110 Å². The predicted molar refractivity (Wildman–Crippen MR) is 148 cm³/mol. The smallest absolute Gasteiger partial charge is 0.339 e. The molecule has 12 heteroatoms. The van der Waals surface area contributed by atoms with Crippen molar-refractivity contribution in [3.8, 4) is 5.75 Å². The first-order valence-corrected chi connectivity index (χ1v) is 12.7. The number of hydrazone groups is 1. The third kappa shape index (κ3) is 6.36. The monoisotopic (exact) mass is 598 g/mol. The van der Waals surface area contributed by atoms with Crippen LogP contribution in [0.15, 0.2) is 70.5 Å². The number of nitrogens with zero attached hydrogens (tertiary/aromatic N) is 3. The van der Waals surface area contributed by atoms with Crippen LogP contribution in [0.4, 0.5) is 26.4 Å². The van der Waals surface area contributed by atoms with Crippen molar-refractivity contribution in [2.75, 3.05) is 23.8 Å².